The summed E-state index contributed by atoms with van der Waals surface area (Å²) in [6.45, 7) is 2.11. The van der Waals surface area contributed by atoms with E-state index in [-0.39, 0.29) is 17.8 Å². The highest BCUT2D eigenvalue weighted by Gasteiger charge is 2.29. The molecule has 70 valence electrons. The molecule has 0 aromatic rings. The van der Waals surface area contributed by atoms with Gasteiger partial charge in [0.05, 0.1) is 6.10 Å². The smallest absolute Gasteiger partial charge is 0.138 e. The minimum Gasteiger partial charge on any atom is -0.392 e. The Morgan fingerprint density at radius 2 is 2.33 bits per heavy atom. The molecule has 1 saturated carbocycles. The van der Waals surface area contributed by atoms with Gasteiger partial charge in [-0.1, -0.05) is 19.8 Å². The van der Waals surface area contributed by atoms with E-state index < -0.39 is 0 Å². The molecule has 12 heavy (non-hydrogen) atoms. The molecule has 2 nitrogen and oxygen atoms in total. The first-order valence-electron chi connectivity index (χ1n) is 4.96. The van der Waals surface area contributed by atoms with E-state index in [1.807, 2.05) is 0 Å². The van der Waals surface area contributed by atoms with Crippen LogP contribution in [-0.2, 0) is 4.79 Å². The lowest BCUT2D eigenvalue weighted by Crippen LogP contribution is -2.32. The van der Waals surface area contributed by atoms with E-state index in [4.69, 9.17) is 0 Å². The van der Waals surface area contributed by atoms with Crippen LogP contribution in [0.5, 0.6) is 0 Å². The number of hydrogen-bond donors (Lipinski definition) is 1. The zero-order valence-corrected chi connectivity index (χ0v) is 7.75. The third-order valence-electron chi connectivity index (χ3n) is 2.67. The van der Waals surface area contributed by atoms with Crippen LogP contribution in [0.3, 0.4) is 0 Å². The Morgan fingerprint density at radius 1 is 1.58 bits per heavy atom. The minimum absolute atomic E-state index is 0.0429. The largest absolute Gasteiger partial charge is 0.392 e. The van der Waals surface area contributed by atoms with Crippen LogP contribution < -0.4 is 0 Å². The van der Waals surface area contributed by atoms with Gasteiger partial charge in [-0.25, -0.2) is 0 Å². The van der Waals surface area contributed by atoms with Crippen molar-refractivity contribution in [2.45, 2.75) is 51.6 Å². The number of aliphatic hydroxyl groups is 1. The van der Waals surface area contributed by atoms with Gasteiger partial charge < -0.3 is 5.11 Å². The van der Waals surface area contributed by atoms with Gasteiger partial charge in [0.2, 0.25) is 0 Å². The van der Waals surface area contributed by atoms with Crippen molar-refractivity contribution in [1.29, 1.82) is 0 Å². The van der Waals surface area contributed by atoms with Crippen LogP contribution in [0.2, 0.25) is 0 Å². The Hall–Kier alpha value is -0.370. The molecule has 0 amide bonds. The van der Waals surface area contributed by atoms with Crippen LogP contribution in [0.25, 0.3) is 0 Å². The van der Waals surface area contributed by atoms with E-state index in [9.17, 15) is 9.90 Å². The molecule has 1 fully saturated rings. The van der Waals surface area contributed by atoms with Crippen LogP contribution in [0.15, 0.2) is 0 Å². The zero-order chi connectivity index (χ0) is 8.97. The van der Waals surface area contributed by atoms with Crippen molar-refractivity contribution in [1.82, 2.24) is 0 Å². The second kappa shape index (κ2) is 4.61. The van der Waals surface area contributed by atoms with Gasteiger partial charge in [-0.15, -0.1) is 0 Å². The highest BCUT2D eigenvalue weighted by Crippen LogP contribution is 2.25. The molecule has 0 bridgehead atoms. The van der Waals surface area contributed by atoms with Crippen molar-refractivity contribution in [3.05, 3.63) is 0 Å². The van der Waals surface area contributed by atoms with Gasteiger partial charge in [0.15, 0.2) is 0 Å². The van der Waals surface area contributed by atoms with E-state index in [1.54, 1.807) is 0 Å². The average Bonchev–Trinajstić information content (AvgIpc) is 2.04. The summed E-state index contributed by atoms with van der Waals surface area (Å²) in [6, 6.07) is 0. The van der Waals surface area contributed by atoms with Crippen molar-refractivity contribution in [2.75, 3.05) is 0 Å². The Bertz CT molecular complexity index is 154. The lowest BCUT2D eigenvalue weighted by Gasteiger charge is -2.25. The van der Waals surface area contributed by atoms with Crippen molar-refractivity contribution in [3.8, 4) is 0 Å². The van der Waals surface area contributed by atoms with Gasteiger partial charge >= 0.3 is 0 Å². The minimum atomic E-state index is -0.349. The summed E-state index contributed by atoms with van der Waals surface area (Å²) in [5, 5.41) is 9.55. The maximum Gasteiger partial charge on any atom is 0.138 e. The number of carbonyl (C=O) groups is 1. The molecule has 1 aliphatic rings. The number of carbonyl (C=O) groups excluding carboxylic acids is 1. The molecule has 1 aliphatic carbocycles. The third kappa shape index (κ3) is 2.31. The van der Waals surface area contributed by atoms with Gasteiger partial charge in [0, 0.05) is 12.3 Å². The summed E-state index contributed by atoms with van der Waals surface area (Å²) in [4.78, 5) is 11.4. The Morgan fingerprint density at radius 3 is 2.92 bits per heavy atom. The SMILES string of the molecule is CCCCC1C(=O)CCCC1O. The topological polar surface area (TPSA) is 37.3 Å². The fourth-order valence-corrected chi connectivity index (χ4v) is 1.86. The summed E-state index contributed by atoms with van der Waals surface area (Å²) >= 11 is 0. The van der Waals surface area contributed by atoms with E-state index >= 15 is 0 Å². The maximum atomic E-state index is 11.4. The van der Waals surface area contributed by atoms with E-state index in [0.29, 0.717) is 6.42 Å². The highest BCUT2D eigenvalue weighted by atomic mass is 16.3. The number of rotatable bonds is 3. The molecule has 2 heteroatoms. The maximum absolute atomic E-state index is 11.4. The van der Waals surface area contributed by atoms with Crippen LogP contribution in [0.1, 0.15) is 45.4 Å². The highest BCUT2D eigenvalue weighted by molar-refractivity contribution is 5.82. The van der Waals surface area contributed by atoms with Crippen molar-refractivity contribution >= 4 is 5.78 Å². The third-order valence-corrected chi connectivity index (χ3v) is 2.67. The fourth-order valence-electron chi connectivity index (χ4n) is 1.86. The molecule has 2 unspecified atom stereocenters. The number of aliphatic hydroxyl groups excluding tert-OH is 1. The first kappa shape index (κ1) is 9.72. The molecule has 0 spiro atoms. The molecule has 0 aliphatic heterocycles. The Balaban J connectivity index is 2.40. The van der Waals surface area contributed by atoms with Gasteiger partial charge in [-0.2, -0.15) is 0 Å². The van der Waals surface area contributed by atoms with Crippen LogP contribution >= 0.6 is 0 Å². The van der Waals surface area contributed by atoms with Crippen LogP contribution in [0.4, 0.5) is 0 Å². The van der Waals surface area contributed by atoms with Gasteiger partial charge in [0.1, 0.15) is 5.78 Å². The molecule has 0 radical (unpaired) electrons. The molecular weight excluding hydrogens is 152 g/mol. The Labute approximate surface area is 74.0 Å². The fraction of sp³-hybridized carbons (Fsp3) is 0.900. The predicted octanol–water partition coefficient (Wildman–Crippen LogP) is 1.91. The summed E-state index contributed by atoms with van der Waals surface area (Å²) in [5.41, 5.74) is 0. The number of hydrogen-bond acceptors (Lipinski definition) is 2. The molecule has 2 atom stereocenters. The number of Topliss-reactive ketones (excluding diaryl/α,β-unsaturated/α-hetero) is 1. The zero-order valence-electron chi connectivity index (χ0n) is 7.75. The standard InChI is InChI=1S/C10H18O2/c1-2-3-5-8-9(11)6-4-7-10(8)12/h8-9,11H,2-7H2,1H3. The molecule has 0 heterocycles. The first-order chi connectivity index (χ1) is 5.75. The summed E-state index contributed by atoms with van der Waals surface area (Å²) in [6.07, 6.45) is 5.09. The van der Waals surface area contributed by atoms with E-state index in [2.05, 4.69) is 6.92 Å². The molecule has 0 saturated heterocycles. The van der Waals surface area contributed by atoms with E-state index in [0.717, 1.165) is 32.1 Å². The predicted molar refractivity (Wildman–Crippen MR) is 47.9 cm³/mol. The van der Waals surface area contributed by atoms with Crippen molar-refractivity contribution < 1.29 is 9.90 Å². The number of unbranched alkanes of at least 4 members (excludes halogenated alkanes) is 1. The normalized spacial score (nSPS) is 30.7. The Kier molecular flexibility index (Phi) is 3.73. The van der Waals surface area contributed by atoms with Crippen molar-refractivity contribution in [3.63, 3.8) is 0 Å². The molecule has 1 N–H and O–H groups in total. The van der Waals surface area contributed by atoms with Gasteiger partial charge in [-0.05, 0) is 19.3 Å². The molecule has 1 rings (SSSR count). The van der Waals surface area contributed by atoms with E-state index in [1.165, 1.54) is 0 Å². The molecular formula is C10H18O2. The summed E-state index contributed by atoms with van der Waals surface area (Å²) in [7, 11) is 0. The second-order valence-corrected chi connectivity index (χ2v) is 3.67. The lowest BCUT2D eigenvalue weighted by atomic mass is 9.82. The first-order valence-corrected chi connectivity index (χ1v) is 4.96. The summed E-state index contributed by atoms with van der Waals surface area (Å²) in [5.74, 6) is 0.237. The average molecular weight is 170 g/mol. The van der Waals surface area contributed by atoms with Gasteiger partial charge in [0.25, 0.3) is 0 Å². The van der Waals surface area contributed by atoms with Gasteiger partial charge in [-0.3, -0.25) is 4.79 Å². The molecule has 0 aromatic carbocycles. The lowest BCUT2D eigenvalue weighted by molar-refractivity contribution is -0.129. The molecule has 0 aromatic heterocycles. The monoisotopic (exact) mass is 170 g/mol. The second-order valence-electron chi connectivity index (χ2n) is 3.67. The van der Waals surface area contributed by atoms with Crippen LogP contribution in [0, 0.1) is 5.92 Å². The summed E-state index contributed by atoms with van der Waals surface area (Å²) < 4.78 is 0. The van der Waals surface area contributed by atoms with Crippen molar-refractivity contribution in [2.24, 2.45) is 5.92 Å². The van der Waals surface area contributed by atoms with Crippen LogP contribution in [-0.4, -0.2) is 17.0 Å². The quantitative estimate of drug-likeness (QED) is 0.702. The number of ketones is 1.